The van der Waals surface area contributed by atoms with E-state index in [-0.39, 0.29) is 19.0 Å². The van der Waals surface area contributed by atoms with Gasteiger partial charge in [0.15, 0.2) is 6.10 Å². The standard InChI is InChI=1S/C19H21N3O3S/c1-2-9-21(11-14-6-5-10-26-14)13-18(23)22-12-17(19(20)24)25-16-8-4-3-7-15(16)22/h2-8,10,17H,1,9,11-13H2,(H2,20,24)/t17-/m0/s1. The van der Waals surface area contributed by atoms with Gasteiger partial charge in [0, 0.05) is 18.0 Å². The predicted molar refractivity (Wildman–Crippen MR) is 102 cm³/mol. The molecular formula is C19H21N3O3S. The Kier molecular flexibility index (Phi) is 5.70. The lowest BCUT2D eigenvalue weighted by atomic mass is 10.1. The highest BCUT2D eigenvalue weighted by molar-refractivity contribution is 7.09. The zero-order valence-electron chi connectivity index (χ0n) is 14.3. The number of amides is 2. The molecule has 3 rings (SSSR count). The second-order valence-corrected chi connectivity index (χ2v) is 7.05. The third kappa shape index (κ3) is 4.12. The van der Waals surface area contributed by atoms with Crippen LogP contribution in [0.4, 0.5) is 5.69 Å². The largest absolute Gasteiger partial charge is 0.477 e. The van der Waals surface area contributed by atoms with Crippen molar-refractivity contribution in [2.45, 2.75) is 12.6 Å². The van der Waals surface area contributed by atoms with Crippen molar-refractivity contribution in [1.29, 1.82) is 0 Å². The number of hydrogen-bond donors (Lipinski definition) is 1. The number of carbonyl (C=O) groups is 2. The number of ether oxygens (including phenoxy) is 1. The molecule has 0 spiro atoms. The number of hydrogen-bond acceptors (Lipinski definition) is 5. The van der Waals surface area contributed by atoms with E-state index in [1.807, 2.05) is 34.5 Å². The number of nitrogens with two attached hydrogens (primary N) is 1. The highest BCUT2D eigenvalue weighted by atomic mass is 32.1. The van der Waals surface area contributed by atoms with Gasteiger partial charge in [-0.15, -0.1) is 17.9 Å². The van der Waals surface area contributed by atoms with Gasteiger partial charge in [-0.1, -0.05) is 24.3 Å². The van der Waals surface area contributed by atoms with Gasteiger partial charge in [0.1, 0.15) is 5.75 Å². The number of anilines is 1. The van der Waals surface area contributed by atoms with Gasteiger partial charge in [0.2, 0.25) is 5.91 Å². The first-order chi connectivity index (χ1) is 12.6. The maximum atomic E-state index is 13.0. The number of rotatable bonds is 7. The molecule has 1 aliphatic rings. The van der Waals surface area contributed by atoms with Crippen LogP contribution in [0.5, 0.6) is 5.75 Å². The Hall–Kier alpha value is -2.64. The minimum absolute atomic E-state index is 0.106. The van der Waals surface area contributed by atoms with Crippen molar-refractivity contribution in [3.63, 3.8) is 0 Å². The third-order valence-corrected chi connectivity index (χ3v) is 4.96. The van der Waals surface area contributed by atoms with Crippen molar-refractivity contribution in [2.75, 3.05) is 24.5 Å². The Morgan fingerprint density at radius 3 is 2.85 bits per heavy atom. The van der Waals surface area contributed by atoms with Crippen LogP contribution >= 0.6 is 11.3 Å². The highest BCUT2D eigenvalue weighted by Crippen LogP contribution is 2.33. The van der Waals surface area contributed by atoms with Gasteiger partial charge < -0.3 is 15.4 Å². The number of carbonyl (C=O) groups excluding carboxylic acids is 2. The summed E-state index contributed by atoms with van der Waals surface area (Å²) in [6.45, 7) is 5.37. The fourth-order valence-corrected chi connectivity index (χ4v) is 3.63. The fourth-order valence-electron chi connectivity index (χ4n) is 2.89. The van der Waals surface area contributed by atoms with E-state index in [0.29, 0.717) is 24.5 Å². The lowest BCUT2D eigenvalue weighted by Gasteiger charge is -2.34. The average Bonchev–Trinajstić information content (AvgIpc) is 3.13. The van der Waals surface area contributed by atoms with E-state index in [1.54, 1.807) is 34.4 Å². The molecule has 1 aromatic carbocycles. The molecule has 2 aromatic rings. The van der Waals surface area contributed by atoms with E-state index in [1.165, 1.54) is 4.88 Å². The monoisotopic (exact) mass is 371 g/mol. The molecule has 0 aliphatic carbocycles. The molecule has 6 nitrogen and oxygen atoms in total. The molecule has 7 heteroatoms. The average molecular weight is 371 g/mol. The molecule has 1 atom stereocenters. The smallest absolute Gasteiger partial charge is 0.260 e. The summed E-state index contributed by atoms with van der Waals surface area (Å²) in [4.78, 5) is 29.4. The molecule has 0 unspecified atom stereocenters. The van der Waals surface area contributed by atoms with Gasteiger partial charge in [0.05, 0.1) is 18.8 Å². The van der Waals surface area contributed by atoms with Gasteiger partial charge in [0.25, 0.3) is 5.91 Å². The Morgan fingerprint density at radius 2 is 2.15 bits per heavy atom. The second kappa shape index (κ2) is 8.16. The summed E-state index contributed by atoms with van der Waals surface area (Å²) in [5.74, 6) is -0.200. The summed E-state index contributed by atoms with van der Waals surface area (Å²) < 4.78 is 5.61. The quantitative estimate of drug-likeness (QED) is 0.756. The number of nitrogens with zero attached hydrogens (tertiary/aromatic N) is 2. The number of primary amides is 1. The number of thiophene rings is 1. The van der Waals surface area contributed by atoms with Crippen LogP contribution in [0.3, 0.4) is 0 Å². The molecule has 0 radical (unpaired) electrons. The fraction of sp³-hybridized carbons (Fsp3) is 0.263. The molecule has 2 amide bonds. The number of fused-ring (bicyclic) bond motifs is 1. The van der Waals surface area contributed by atoms with Crippen LogP contribution in [0.2, 0.25) is 0 Å². The van der Waals surface area contributed by atoms with Crippen molar-refractivity contribution in [3.8, 4) is 5.75 Å². The van der Waals surface area contributed by atoms with Gasteiger partial charge in [-0.3, -0.25) is 14.5 Å². The molecule has 2 heterocycles. The van der Waals surface area contributed by atoms with Crippen LogP contribution in [-0.2, 0) is 16.1 Å². The maximum Gasteiger partial charge on any atom is 0.260 e. The van der Waals surface area contributed by atoms with Crippen LogP contribution in [0.1, 0.15) is 4.88 Å². The summed E-state index contributed by atoms with van der Waals surface area (Å²) in [6.07, 6.45) is 0.930. The molecule has 1 aliphatic heterocycles. The molecule has 1 aromatic heterocycles. The van der Waals surface area contributed by atoms with Crippen LogP contribution in [0.25, 0.3) is 0 Å². The van der Waals surface area contributed by atoms with Crippen molar-refractivity contribution in [1.82, 2.24) is 4.90 Å². The molecule has 2 N–H and O–H groups in total. The van der Waals surface area contributed by atoms with E-state index in [2.05, 4.69) is 6.58 Å². The van der Waals surface area contributed by atoms with Gasteiger partial charge in [-0.05, 0) is 23.6 Å². The van der Waals surface area contributed by atoms with Crippen LogP contribution in [-0.4, -0.2) is 42.5 Å². The molecule has 0 saturated heterocycles. The summed E-state index contributed by atoms with van der Waals surface area (Å²) in [5.41, 5.74) is 6.06. The van der Waals surface area contributed by atoms with E-state index < -0.39 is 12.0 Å². The van der Waals surface area contributed by atoms with Crippen LogP contribution in [0.15, 0.2) is 54.4 Å². The van der Waals surface area contributed by atoms with Crippen LogP contribution < -0.4 is 15.4 Å². The van der Waals surface area contributed by atoms with Crippen molar-refractivity contribution in [2.24, 2.45) is 5.73 Å². The highest BCUT2D eigenvalue weighted by Gasteiger charge is 2.33. The van der Waals surface area contributed by atoms with Gasteiger partial charge >= 0.3 is 0 Å². The molecular weight excluding hydrogens is 350 g/mol. The Balaban J connectivity index is 1.78. The van der Waals surface area contributed by atoms with E-state index in [4.69, 9.17) is 10.5 Å². The second-order valence-electron chi connectivity index (χ2n) is 6.02. The minimum Gasteiger partial charge on any atom is -0.477 e. The Bertz CT molecular complexity index is 791. The number of benzene rings is 1. The van der Waals surface area contributed by atoms with E-state index >= 15 is 0 Å². The first-order valence-corrected chi connectivity index (χ1v) is 9.17. The molecule has 0 saturated carbocycles. The van der Waals surface area contributed by atoms with Crippen molar-refractivity contribution in [3.05, 3.63) is 59.3 Å². The molecule has 0 fully saturated rings. The van der Waals surface area contributed by atoms with Gasteiger partial charge in [-0.25, -0.2) is 0 Å². The predicted octanol–water partition coefficient (Wildman–Crippen LogP) is 2.02. The van der Waals surface area contributed by atoms with Gasteiger partial charge in [-0.2, -0.15) is 0 Å². The SMILES string of the molecule is C=CCN(CC(=O)N1C[C@@H](C(N)=O)Oc2ccccc21)Cc1cccs1. The summed E-state index contributed by atoms with van der Waals surface area (Å²) in [6, 6.07) is 11.2. The lowest BCUT2D eigenvalue weighted by molar-refractivity contribution is -0.125. The Morgan fingerprint density at radius 1 is 1.35 bits per heavy atom. The van der Waals surface area contributed by atoms with Crippen molar-refractivity contribution < 1.29 is 14.3 Å². The summed E-state index contributed by atoms with van der Waals surface area (Å²) in [5, 5.41) is 2.01. The Labute approximate surface area is 156 Å². The zero-order valence-corrected chi connectivity index (χ0v) is 15.2. The molecule has 0 bridgehead atoms. The first-order valence-electron chi connectivity index (χ1n) is 8.29. The molecule has 26 heavy (non-hydrogen) atoms. The third-order valence-electron chi connectivity index (χ3n) is 4.10. The molecule has 136 valence electrons. The minimum atomic E-state index is -0.848. The summed E-state index contributed by atoms with van der Waals surface area (Å²) in [7, 11) is 0. The summed E-state index contributed by atoms with van der Waals surface area (Å²) >= 11 is 1.65. The first kappa shape index (κ1) is 18.2. The van der Waals surface area contributed by atoms with Crippen molar-refractivity contribution >= 4 is 28.8 Å². The zero-order chi connectivity index (χ0) is 18.5. The topological polar surface area (TPSA) is 75.9 Å². The normalized spacial score (nSPS) is 16.0. The maximum absolute atomic E-state index is 13.0. The van der Waals surface area contributed by atoms with E-state index in [9.17, 15) is 9.59 Å². The van der Waals surface area contributed by atoms with Crippen LogP contribution in [0, 0.1) is 0 Å². The number of para-hydroxylation sites is 2. The van der Waals surface area contributed by atoms with E-state index in [0.717, 1.165) is 0 Å². The lowest BCUT2D eigenvalue weighted by Crippen LogP contribution is -2.51.